The molecule has 13 heavy (non-hydrogen) atoms. The number of methoxy groups -OCH3 is 1. The average Bonchev–Trinajstić information content (AvgIpc) is 2.16. The number of allylic oxidation sites excluding steroid dienone is 2. The van der Waals surface area contributed by atoms with E-state index in [1.54, 1.807) is 12.1 Å². The van der Waals surface area contributed by atoms with E-state index in [1.165, 1.54) is 7.11 Å². The SMILES string of the molecule is CCCC/C=C(/C#N)OC(=O)OC. The smallest absolute Gasteiger partial charge is 0.437 e. The van der Waals surface area contributed by atoms with Crippen molar-refractivity contribution in [2.24, 2.45) is 0 Å². The van der Waals surface area contributed by atoms with E-state index in [4.69, 9.17) is 5.26 Å². The van der Waals surface area contributed by atoms with Crippen molar-refractivity contribution in [2.45, 2.75) is 26.2 Å². The van der Waals surface area contributed by atoms with Crippen LogP contribution in [-0.4, -0.2) is 13.3 Å². The lowest BCUT2D eigenvalue weighted by atomic mass is 10.2. The third-order valence-corrected chi connectivity index (χ3v) is 1.36. The van der Waals surface area contributed by atoms with E-state index in [0.29, 0.717) is 0 Å². The lowest BCUT2D eigenvalue weighted by molar-refractivity contribution is 0.100. The zero-order chi connectivity index (χ0) is 10.1. The van der Waals surface area contributed by atoms with Crippen LogP contribution in [0.3, 0.4) is 0 Å². The maximum absolute atomic E-state index is 10.6. The summed E-state index contributed by atoms with van der Waals surface area (Å²) in [4.78, 5) is 10.6. The first kappa shape index (κ1) is 11.5. The van der Waals surface area contributed by atoms with Gasteiger partial charge < -0.3 is 9.47 Å². The molecule has 4 nitrogen and oxygen atoms in total. The van der Waals surface area contributed by atoms with Crippen LogP contribution in [0.5, 0.6) is 0 Å². The molecule has 72 valence electrons. The summed E-state index contributed by atoms with van der Waals surface area (Å²) < 4.78 is 8.77. The molecule has 0 aliphatic rings. The number of hydrogen-bond acceptors (Lipinski definition) is 4. The van der Waals surface area contributed by atoms with Crippen LogP contribution in [0.15, 0.2) is 11.8 Å². The molecule has 0 radical (unpaired) electrons. The highest BCUT2D eigenvalue weighted by atomic mass is 16.7. The quantitative estimate of drug-likeness (QED) is 0.290. The van der Waals surface area contributed by atoms with Gasteiger partial charge in [-0.15, -0.1) is 0 Å². The fourth-order valence-electron chi connectivity index (χ4n) is 0.679. The Morgan fingerprint density at radius 3 is 2.77 bits per heavy atom. The molecular formula is C9H13NO3. The van der Waals surface area contributed by atoms with Crippen LogP contribution < -0.4 is 0 Å². The molecule has 0 saturated heterocycles. The van der Waals surface area contributed by atoms with Crippen molar-refractivity contribution < 1.29 is 14.3 Å². The monoisotopic (exact) mass is 183 g/mol. The molecule has 0 bridgehead atoms. The zero-order valence-corrected chi connectivity index (χ0v) is 7.87. The maximum Gasteiger partial charge on any atom is 0.514 e. The van der Waals surface area contributed by atoms with Gasteiger partial charge in [-0.3, -0.25) is 0 Å². The molecular weight excluding hydrogens is 170 g/mol. The molecule has 0 aliphatic heterocycles. The molecule has 0 N–H and O–H groups in total. The molecule has 0 atom stereocenters. The van der Waals surface area contributed by atoms with Crippen LogP contribution in [0.4, 0.5) is 4.79 Å². The van der Waals surface area contributed by atoms with Gasteiger partial charge in [0.25, 0.3) is 0 Å². The topological polar surface area (TPSA) is 59.3 Å². The molecule has 4 heteroatoms. The lowest BCUT2D eigenvalue weighted by Gasteiger charge is -1.99. The Bertz CT molecular complexity index is 228. The highest BCUT2D eigenvalue weighted by molar-refractivity contribution is 5.61. The second-order valence-corrected chi connectivity index (χ2v) is 2.38. The van der Waals surface area contributed by atoms with Crippen LogP contribution in [-0.2, 0) is 9.47 Å². The number of ether oxygens (including phenoxy) is 2. The third kappa shape index (κ3) is 5.74. The van der Waals surface area contributed by atoms with Crippen LogP contribution in [0, 0.1) is 11.3 Å². The molecule has 0 fully saturated rings. The van der Waals surface area contributed by atoms with Gasteiger partial charge in [0.2, 0.25) is 5.76 Å². The molecule has 0 rings (SSSR count). The number of unbranched alkanes of at least 4 members (excludes halogenated alkanes) is 2. The number of nitriles is 1. The van der Waals surface area contributed by atoms with Gasteiger partial charge in [0.1, 0.15) is 6.07 Å². The van der Waals surface area contributed by atoms with Crippen molar-refractivity contribution in [1.82, 2.24) is 0 Å². The Kier molecular flexibility index (Phi) is 6.34. The normalized spacial score (nSPS) is 10.4. The van der Waals surface area contributed by atoms with Crippen LogP contribution >= 0.6 is 0 Å². The molecule has 0 amide bonds. The van der Waals surface area contributed by atoms with Crippen molar-refractivity contribution in [2.75, 3.05) is 7.11 Å². The average molecular weight is 183 g/mol. The maximum atomic E-state index is 10.6. The summed E-state index contributed by atoms with van der Waals surface area (Å²) in [7, 11) is 1.20. The van der Waals surface area contributed by atoms with Gasteiger partial charge in [0.15, 0.2) is 0 Å². The van der Waals surface area contributed by atoms with Crippen molar-refractivity contribution in [3.05, 3.63) is 11.8 Å². The van der Waals surface area contributed by atoms with E-state index >= 15 is 0 Å². The fraction of sp³-hybridized carbons (Fsp3) is 0.556. The number of nitrogens with zero attached hydrogens (tertiary/aromatic N) is 1. The minimum atomic E-state index is -0.857. The molecule has 0 aromatic heterocycles. The number of carbonyl (C=O) groups excluding carboxylic acids is 1. The highest BCUT2D eigenvalue weighted by Crippen LogP contribution is 2.03. The van der Waals surface area contributed by atoms with E-state index in [2.05, 4.69) is 9.47 Å². The van der Waals surface area contributed by atoms with Gasteiger partial charge in [-0.1, -0.05) is 13.3 Å². The predicted octanol–water partition coefficient (Wildman–Crippen LogP) is 2.37. The van der Waals surface area contributed by atoms with Gasteiger partial charge in [-0.25, -0.2) is 4.79 Å². The summed E-state index contributed by atoms with van der Waals surface area (Å²) in [6.07, 6.45) is 3.46. The van der Waals surface area contributed by atoms with Gasteiger partial charge in [0, 0.05) is 0 Å². The molecule has 0 aromatic rings. The minimum absolute atomic E-state index is 0.000278. The van der Waals surface area contributed by atoms with Crippen molar-refractivity contribution in [1.29, 1.82) is 5.26 Å². The Morgan fingerprint density at radius 1 is 1.62 bits per heavy atom. The lowest BCUT2D eigenvalue weighted by Crippen LogP contribution is -2.02. The third-order valence-electron chi connectivity index (χ3n) is 1.36. The Morgan fingerprint density at radius 2 is 2.31 bits per heavy atom. The number of carbonyl (C=O) groups is 1. The predicted molar refractivity (Wildman–Crippen MR) is 46.7 cm³/mol. The second kappa shape index (κ2) is 7.17. The summed E-state index contributed by atoms with van der Waals surface area (Å²) in [5.41, 5.74) is 0. The fourth-order valence-corrected chi connectivity index (χ4v) is 0.679. The van der Waals surface area contributed by atoms with E-state index in [1.807, 2.05) is 6.92 Å². The van der Waals surface area contributed by atoms with Crippen molar-refractivity contribution >= 4 is 6.16 Å². The summed E-state index contributed by atoms with van der Waals surface area (Å²) in [6.45, 7) is 2.04. The van der Waals surface area contributed by atoms with Crippen LogP contribution in [0.2, 0.25) is 0 Å². The van der Waals surface area contributed by atoms with Crippen molar-refractivity contribution in [3.8, 4) is 6.07 Å². The van der Waals surface area contributed by atoms with Crippen molar-refractivity contribution in [3.63, 3.8) is 0 Å². The summed E-state index contributed by atoms with van der Waals surface area (Å²) >= 11 is 0. The molecule has 0 aliphatic carbocycles. The first-order valence-corrected chi connectivity index (χ1v) is 4.10. The van der Waals surface area contributed by atoms with Crippen LogP contribution in [0.1, 0.15) is 26.2 Å². The first-order chi connectivity index (χ1) is 6.24. The van der Waals surface area contributed by atoms with Gasteiger partial charge in [-0.2, -0.15) is 5.26 Å². The standard InChI is InChI=1S/C9H13NO3/c1-3-4-5-6-8(7-10)13-9(11)12-2/h6H,3-5H2,1-2H3/b8-6-. The number of hydrogen-bond donors (Lipinski definition) is 0. The Hall–Kier alpha value is -1.50. The summed E-state index contributed by atoms with van der Waals surface area (Å²) in [6, 6.07) is 1.76. The molecule has 0 spiro atoms. The van der Waals surface area contributed by atoms with Crippen LogP contribution in [0.25, 0.3) is 0 Å². The second-order valence-electron chi connectivity index (χ2n) is 2.38. The minimum Gasteiger partial charge on any atom is -0.437 e. The largest absolute Gasteiger partial charge is 0.514 e. The van der Waals surface area contributed by atoms with E-state index in [9.17, 15) is 4.79 Å². The summed E-state index contributed by atoms with van der Waals surface area (Å²) in [5, 5.41) is 8.52. The Balaban J connectivity index is 3.96. The van der Waals surface area contributed by atoms with E-state index < -0.39 is 6.16 Å². The van der Waals surface area contributed by atoms with Gasteiger partial charge in [0.05, 0.1) is 7.11 Å². The van der Waals surface area contributed by atoms with E-state index in [-0.39, 0.29) is 5.76 Å². The number of rotatable bonds is 4. The van der Waals surface area contributed by atoms with Gasteiger partial charge in [-0.05, 0) is 18.9 Å². The van der Waals surface area contributed by atoms with Gasteiger partial charge >= 0.3 is 6.16 Å². The van der Waals surface area contributed by atoms with E-state index in [0.717, 1.165) is 19.3 Å². The highest BCUT2D eigenvalue weighted by Gasteiger charge is 2.04. The zero-order valence-electron chi connectivity index (χ0n) is 7.87. The molecule has 0 saturated carbocycles. The molecule has 0 heterocycles. The Labute approximate surface area is 77.8 Å². The first-order valence-electron chi connectivity index (χ1n) is 4.10. The molecule has 0 unspecified atom stereocenters. The summed E-state index contributed by atoms with van der Waals surface area (Å²) in [5.74, 6) is 0.000278. The molecule has 0 aromatic carbocycles.